The number of carbonyl (C=O) groups excluding carboxylic acids is 2. The minimum atomic E-state index is -0.345. The number of carbonyl (C=O) groups is 2. The maximum atomic E-state index is 12.8. The first-order valence-corrected chi connectivity index (χ1v) is 9.90. The molecule has 0 atom stereocenters. The zero-order chi connectivity index (χ0) is 20.4. The topological polar surface area (TPSA) is 97.1 Å². The summed E-state index contributed by atoms with van der Waals surface area (Å²) in [4.78, 5) is 32.5. The molecule has 146 valence electrons. The standard InChI is InChI=1S/C20H15ClN4O3S/c1-11(26)23-9-14-4-5-17(28-14)16-10-29-20(24-16)25-19(27)15-8-13(21)7-12-3-2-6-22-18(12)15/h2-8,10H,9H2,1H3,(H,23,26)(H,24,25,27). The second-order valence-electron chi connectivity index (χ2n) is 6.20. The Morgan fingerprint density at radius 1 is 1.24 bits per heavy atom. The Hall–Kier alpha value is -3.23. The maximum absolute atomic E-state index is 12.8. The molecule has 0 saturated heterocycles. The van der Waals surface area contributed by atoms with E-state index in [4.69, 9.17) is 16.0 Å². The van der Waals surface area contributed by atoms with Crippen LogP contribution in [0.2, 0.25) is 5.02 Å². The number of rotatable bonds is 5. The summed E-state index contributed by atoms with van der Waals surface area (Å²) in [6, 6.07) is 10.5. The van der Waals surface area contributed by atoms with E-state index in [-0.39, 0.29) is 11.8 Å². The molecule has 0 fully saturated rings. The summed E-state index contributed by atoms with van der Waals surface area (Å²) in [5, 5.41) is 8.91. The Kier molecular flexibility index (Phi) is 5.28. The number of furan rings is 1. The third-order valence-corrected chi connectivity index (χ3v) is 5.04. The number of hydrogen-bond donors (Lipinski definition) is 2. The lowest BCUT2D eigenvalue weighted by atomic mass is 10.1. The fraction of sp³-hybridized carbons (Fsp3) is 0.100. The Morgan fingerprint density at radius 2 is 2.10 bits per heavy atom. The van der Waals surface area contributed by atoms with Crippen LogP contribution in [0.25, 0.3) is 22.4 Å². The third-order valence-electron chi connectivity index (χ3n) is 4.06. The number of hydrogen-bond acceptors (Lipinski definition) is 6. The fourth-order valence-electron chi connectivity index (χ4n) is 2.76. The molecule has 9 heteroatoms. The highest BCUT2D eigenvalue weighted by Gasteiger charge is 2.16. The number of pyridine rings is 1. The molecule has 0 aliphatic rings. The van der Waals surface area contributed by atoms with Crippen LogP contribution < -0.4 is 10.6 Å². The first-order chi connectivity index (χ1) is 14.0. The lowest BCUT2D eigenvalue weighted by Gasteiger charge is -2.06. The minimum Gasteiger partial charge on any atom is -0.458 e. The monoisotopic (exact) mass is 426 g/mol. The van der Waals surface area contributed by atoms with Crippen molar-refractivity contribution in [1.82, 2.24) is 15.3 Å². The van der Waals surface area contributed by atoms with E-state index < -0.39 is 0 Å². The molecule has 4 aromatic rings. The number of halogens is 1. The zero-order valence-electron chi connectivity index (χ0n) is 15.2. The van der Waals surface area contributed by atoms with Crippen LogP contribution in [0.15, 0.2) is 52.4 Å². The average Bonchev–Trinajstić information content (AvgIpc) is 3.35. The summed E-state index contributed by atoms with van der Waals surface area (Å²) in [7, 11) is 0. The van der Waals surface area contributed by atoms with Gasteiger partial charge >= 0.3 is 0 Å². The summed E-state index contributed by atoms with van der Waals surface area (Å²) in [6.45, 7) is 1.75. The molecule has 0 radical (unpaired) electrons. The molecular weight excluding hydrogens is 412 g/mol. The summed E-state index contributed by atoms with van der Waals surface area (Å²) >= 11 is 7.42. The smallest absolute Gasteiger partial charge is 0.259 e. The molecule has 2 amide bonds. The molecule has 0 spiro atoms. The van der Waals surface area contributed by atoms with Gasteiger partial charge in [0.15, 0.2) is 10.9 Å². The van der Waals surface area contributed by atoms with Crippen molar-refractivity contribution in [3.8, 4) is 11.5 Å². The highest BCUT2D eigenvalue weighted by molar-refractivity contribution is 7.14. The molecule has 29 heavy (non-hydrogen) atoms. The lowest BCUT2D eigenvalue weighted by molar-refractivity contribution is -0.119. The number of nitrogens with zero attached hydrogens (tertiary/aromatic N) is 2. The highest BCUT2D eigenvalue weighted by atomic mass is 35.5. The molecule has 3 heterocycles. The van der Waals surface area contributed by atoms with Gasteiger partial charge < -0.3 is 9.73 Å². The highest BCUT2D eigenvalue weighted by Crippen LogP contribution is 2.28. The van der Waals surface area contributed by atoms with Crippen molar-refractivity contribution in [2.24, 2.45) is 0 Å². The van der Waals surface area contributed by atoms with Gasteiger partial charge in [-0.25, -0.2) is 4.98 Å². The van der Waals surface area contributed by atoms with Crippen molar-refractivity contribution >= 4 is 50.8 Å². The van der Waals surface area contributed by atoms with Crippen LogP contribution in [-0.4, -0.2) is 21.8 Å². The molecule has 3 aromatic heterocycles. The van der Waals surface area contributed by atoms with E-state index in [9.17, 15) is 9.59 Å². The van der Waals surface area contributed by atoms with E-state index in [0.717, 1.165) is 5.39 Å². The van der Waals surface area contributed by atoms with Crippen molar-refractivity contribution in [3.05, 3.63) is 64.3 Å². The summed E-state index contributed by atoms with van der Waals surface area (Å²) in [5.74, 6) is 0.690. The first kappa shape index (κ1) is 19.1. The van der Waals surface area contributed by atoms with Crippen LogP contribution in [-0.2, 0) is 11.3 Å². The van der Waals surface area contributed by atoms with E-state index >= 15 is 0 Å². The molecule has 0 saturated carbocycles. The van der Waals surface area contributed by atoms with Gasteiger partial charge in [0, 0.05) is 28.9 Å². The fourth-order valence-corrected chi connectivity index (χ4v) is 3.68. The van der Waals surface area contributed by atoms with Gasteiger partial charge in [-0.2, -0.15) is 0 Å². The van der Waals surface area contributed by atoms with Crippen LogP contribution >= 0.6 is 22.9 Å². The Balaban J connectivity index is 1.53. The normalized spacial score (nSPS) is 10.8. The second kappa shape index (κ2) is 8.02. The van der Waals surface area contributed by atoms with Gasteiger partial charge in [-0.15, -0.1) is 11.3 Å². The molecule has 7 nitrogen and oxygen atoms in total. The first-order valence-electron chi connectivity index (χ1n) is 8.64. The van der Waals surface area contributed by atoms with Crippen LogP contribution in [0.4, 0.5) is 5.13 Å². The number of thiazole rings is 1. The zero-order valence-corrected chi connectivity index (χ0v) is 16.8. The number of amides is 2. The summed E-state index contributed by atoms with van der Waals surface area (Å²) in [6.07, 6.45) is 1.63. The summed E-state index contributed by atoms with van der Waals surface area (Å²) < 4.78 is 5.69. The molecule has 0 aliphatic carbocycles. The predicted molar refractivity (Wildman–Crippen MR) is 112 cm³/mol. The van der Waals surface area contributed by atoms with E-state index in [1.807, 2.05) is 6.07 Å². The molecule has 2 N–H and O–H groups in total. The minimum absolute atomic E-state index is 0.135. The maximum Gasteiger partial charge on any atom is 0.259 e. The van der Waals surface area contributed by atoms with Gasteiger partial charge in [0.2, 0.25) is 5.91 Å². The van der Waals surface area contributed by atoms with Crippen molar-refractivity contribution in [3.63, 3.8) is 0 Å². The van der Waals surface area contributed by atoms with Crippen LogP contribution in [0.3, 0.4) is 0 Å². The Labute approximate surface area is 174 Å². The molecule has 0 bridgehead atoms. The van der Waals surface area contributed by atoms with Crippen LogP contribution in [0.5, 0.6) is 0 Å². The quantitative estimate of drug-likeness (QED) is 0.490. The molecule has 0 unspecified atom stereocenters. The number of aromatic nitrogens is 2. The van der Waals surface area contributed by atoms with E-state index in [2.05, 4.69) is 20.6 Å². The predicted octanol–water partition coefficient (Wildman–Crippen LogP) is 4.49. The third kappa shape index (κ3) is 4.28. The molecular formula is C20H15ClN4O3S. The largest absolute Gasteiger partial charge is 0.458 e. The van der Waals surface area contributed by atoms with E-state index in [1.165, 1.54) is 18.3 Å². The lowest BCUT2D eigenvalue weighted by Crippen LogP contribution is -2.18. The van der Waals surface area contributed by atoms with Gasteiger partial charge in [-0.05, 0) is 30.3 Å². The summed E-state index contributed by atoms with van der Waals surface area (Å²) in [5.41, 5.74) is 1.54. The van der Waals surface area contributed by atoms with Gasteiger partial charge in [0.05, 0.1) is 17.6 Å². The molecule has 1 aromatic carbocycles. The Morgan fingerprint density at radius 3 is 2.93 bits per heavy atom. The van der Waals surface area contributed by atoms with Crippen molar-refractivity contribution in [2.45, 2.75) is 13.5 Å². The van der Waals surface area contributed by atoms with E-state index in [0.29, 0.717) is 45.0 Å². The number of benzene rings is 1. The SMILES string of the molecule is CC(=O)NCc1ccc(-c2csc(NC(=O)c3cc(Cl)cc4cccnc34)n2)o1. The molecule has 4 rings (SSSR count). The molecule has 0 aliphatic heterocycles. The second-order valence-corrected chi connectivity index (χ2v) is 7.49. The average molecular weight is 427 g/mol. The van der Waals surface area contributed by atoms with Crippen molar-refractivity contribution < 1.29 is 14.0 Å². The van der Waals surface area contributed by atoms with E-state index in [1.54, 1.807) is 41.9 Å². The van der Waals surface area contributed by atoms with Crippen molar-refractivity contribution in [2.75, 3.05) is 5.32 Å². The van der Waals surface area contributed by atoms with Gasteiger partial charge in [0.25, 0.3) is 5.91 Å². The van der Waals surface area contributed by atoms with Gasteiger partial charge in [-0.3, -0.25) is 19.9 Å². The van der Waals surface area contributed by atoms with Crippen molar-refractivity contribution in [1.29, 1.82) is 0 Å². The number of nitrogens with one attached hydrogen (secondary N) is 2. The number of fused-ring (bicyclic) bond motifs is 1. The Bertz CT molecular complexity index is 1220. The van der Waals surface area contributed by atoms with Crippen LogP contribution in [0.1, 0.15) is 23.0 Å². The van der Waals surface area contributed by atoms with Gasteiger partial charge in [0.1, 0.15) is 11.5 Å². The van der Waals surface area contributed by atoms with Crippen LogP contribution in [0, 0.1) is 0 Å². The van der Waals surface area contributed by atoms with Gasteiger partial charge in [-0.1, -0.05) is 17.7 Å². The number of anilines is 1.